The van der Waals surface area contributed by atoms with Crippen LogP contribution in [-0.4, -0.2) is 24.2 Å². The third-order valence-electron chi connectivity index (χ3n) is 1.73. The summed E-state index contributed by atoms with van der Waals surface area (Å²) in [5.41, 5.74) is 5.92. The van der Waals surface area contributed by atoms with Gasteiger partial charge in [0.15, 0.2) is 0 Å². The van der Waals surface area contributed by atoms with E-state index in [1.54, 1.807) is 18.2 Å². The fourth-order valence-electron chi connectivity index (χ4n) is 1.11. The van der Waals surface area contributed by atoms with Crippen LogP contribution in [0.2, 0.25) is 5.02 Å². The quantitative estimate of drug-likeness (QED) is 0.799. The van der Waals surface area contributed by atoms with Gasteiger partial charge in [-0.05, 0) is 17.7 Å². The standard InChI is InChI=1S/C10H12ClNO3/c11-8-5-7(6-10(13)14)1-2-9(8)15-4-3-12/h1-2,5H,3-4,6,12H2,(H,13,14). The molecule has 5 heteroatoms. The van der Waals surface area contributed by atoms with E-state index < -0.39 is 5.97 Å². The van der Waals surface area contributed by atoms with E-state index in [1.807, 2.05) is 0 Å². The zero-order valence-electron chi connectivity index (χ0n) is 8.07. The molecule has 15 heavy (non-hydrogen) atoms. The van der Waals surface area contributed by atoms with Crippen molar-refractivity contribution in [1.29, 1.82) is 0 Å². The number of carboxylic acids is 1. The zero-order valence-corrected chi connectivity index (χ0v) is 8.83. The first-order valence-electron chi connectivity index (χ1n) is 4.46. The normalized spacial score (nSPS) is 10.0. The highest BCUT2D eigenvalue weighted by Gasteiger charge is 2.05. The number of halogens is 1. The lowest BCUT2D eigenvalue weighted by molar-refractivity contribution is -0.136. The van der Waals surface area contributed by atoms with E-state index in [1.165, 1.54) is 0 Å². The maximum absolute atomic E-state index is 10.4. The molecule has 0 aromatic heterocycles. The van der Waals surface area contributed by atoms with E-state index in [0.717, 1.165) is 0 Å². The Hall–Kier alpha value is -1.26. The summed E-state index contributed by atoms with van der Waals surface area (Å²) in [6.45, 7) is 0.797. The summed E-state index contributed by atoms with van der Waals surface area (Å²) in [6.07, 6.45) is -0.0448. The summed E-state index contributed by atoms with van der Waals surface area (Å²) in [4.78, 5) is 10.4. The van der Waals surface area contributed by atoms with Gasteiger partial charge in [-0.25, -0.2) is 0 Å². The number of benzene rings is 1. The van der Waals surface area contributed by atoms with Crippen LogP contribution in [0.3, 0.4) is 0 Å². The summed E-state index contributed by atoms with van der Waals surface area (Å²) >= 11 is 5.89. The SMILES string of the molecule is NCCOc1ccc(CC(=O)O)cc1Cl. The lowest BCUT2D eigenvalue weighted by atomic mass is 10.1. The molecule has 1 rings (SSSR count). The molecule has 0 aliphatic carbocycles. The topological polar surface area (TPSA) is 72.5 Å². The molecule has 0 bridgehead atoms. The Morgan fingerprint density at radius 3 is 2.80 bits per heavy atom. The summed E-state index contributed by atoms with van der Waals surface area (Å²) in [5, 5.41) is 8.98. The number of rotatable bonds is 5. The van der Waals surface area contributed by atoms with Crippen molar-refractivity contribution in [2.75, 3.05) is 13.2 Å². The van der Waals surface area contributed by atoms with Crippen molar-refractivity contribution in [3.05, 3.63) is 28.8 Å². The number of nitrogens with two attached hydrogens (primary N) is 1. The lowest BCUT2D eigenvalue weighted by Crippen LogP contribution is -2.10. The fourth-order valence-corrected chi connectivity index (χ4v) is 1.37. The predicted octanol–water partition coefficient (Wildman–Crippen LogP) is 1.30. The molecule has 3 N–H and O–H groups in total. The van der Waals surface area contributed by atoms with Crippen molar-refractivity contribution in [1.82, 2.24) is 0 Å². The van der Waals surface area contributed by atoms with Crippen LogP contribution >= 0.6 is 11.6 Å². The summed E-state index contributed by atoms with van der Waals surface area (Å²) in [5.74, 6) is -0.363. The van der Waals surface area contributed by atoms with Gasteiger partial charge >= 0.3 is 5.97 Å². The Morgan fingerprint density at radius 1 is 1.53 bits per heavy atom. The molecule has 0 unspecified atom stereocenters. The second kappa shape index (κ2) is 5.58. The van der Waals surface area contributed by atoms with E-state index in [2.05, 4.69) is 0 Å². The number of aliphatic carboxylic acids is 1. The highest BCUT2D eigenvalue weighted by atomic mass is 35.5. The van der Waals surface area contributed by atoms with Gasteiger partial charge in [0.2, 0.25) is 0 Å². The van der Waals surface area contributed by atoms with Gasteiger partial charge in [-0.1, -0.05) is 17.7 Å². The number of ether oxygens (including phenoxy) is 1. The minimum absolute atomic E-state index is 0.0448. The van der Waals surface area contributed by atoms with Gasteiger partial charge in [0.25, 0.3) is 0 Å². The van der Waals surface area contributed by atoms with E-state index in [4.69, 9.17) is 27.2 Å². The van der Waals surface area contributed by atoms with Crippen molar-refractivity contribution in [2.45, 2.75) is 6.42 Å². The summed E-state index contributed by atoms with van der Waals surface area (Å²) in [7, 11) is 0. The maximum atomic E-state index is 10.4. The molecule has 1 aromatic carbocycles. The first kappa shape index (κ1) is 11.8. The third-order valence-corrected chi connectivity index (χ3v) is 2.02. The Balaban J connectivity index is 2.74. The highest BCUT2D eigenvalue weighted by Crippen LogP contribution is 2.25. The fraction of sp³-hybridized carbons (Fsp3) is 0.300. The van der Waals surface area contributed by atoms with Gasteiger partial charge in [-0.15, -0.1) is 0 Å². The Morgan fingerprint density at radius 2 is 2.27 bits per heavy atom. The van der Waals surface area contributed by atoms with Crippen molar-refractivity contribution in [2.24, 2.45) is 5.73 Å². The monoisotopic (exact) mass is 229 g/mol. The average molecular weight is 230 g/mol. The molecule has 0 radical (unpaired) electrons. The van der Waals surface area contributed by atoms with Crippen LogP contribution in [0.4, 0.5) is 0 Å². The van der Waals surface area contributed by atoms with Crippen molar-refractivity contribution < 1.29 is 14.6 Å². The molecular formula is C10H12ClNO3. The summed E-state index contributed by atoms with van der Waals surface area (Å²) in [6, 6.07) is 4.91. The van der Waals surface area contributed by atoms with Crippen molar-refractivity contribution in [3.63, 3.8) is 0 Å². The van der Waals surface area contributed by atoms with Gasteiger partial charge in [0.05, 0.1) is 11.4 Å². The Bertz CT molecular complexity index is 355. The van der Waals surface area contributed by atoms with E-state index in [0.29, 0.717) is 29.5 Å². The Kier molecular flexibility index (Phi) is 4.39. The highest BCUT2D eigenvalue weighted by molar-refractivity contribution is 6.32. The minimum atomic E-state index is -0.887. The molecule has 0 spiro atoms. The van der Waals surface area contributed by atoms with Crippen LogP contribution in [-0.2, 0) is 11.2 Å². The van der Waals surface area contributed by atoms with E-state index in [9.17, 15) is 4.79 Å². The predicted molar refractivity (Wildman–Crippen MR) is 57.3 cm³/mol. The number of hydrogen-bond acceptors (Lipinski definition) is 3. The second-order valence-corrected chi connectivity index (χ2v) is 3.38. The largest absolute Gasteiger partial charge is 0.491 e. The molecule has 4 nitrogen and oxygen atoms in total. The molecule has 0 amide bonds. The molecule has 0 fully saturated rings. The van der Waals surface area contributed by atoms with Crippen LogP contribution in [0.5, 0.6) is 5.75 Å². The minimum Gasteiger partial charge on any atom is -0.491 e. The molecule has 0 atom stereocenters. The third kappa shape index (κ3) is 3.77. The zero-order chi connectivity index (χ0) is 11.3. The molecule has 0 heterocycles. The maximum Gasteiger partial charge on any atom is 0.307 e. The van der Waals surface area contributed by atoms with Gasteiger partial charge in [0, 0.05) is 6.54 Å². The first-order valence-corrected chi connectivity index (χ1v) is 4.84. The second-order valence-electron chi connectivity index (χ2n) is 2.97. The van der Waals surface area contributed by atoms with Gasteiger partial charge in [-0.3, -0.25) is 4.79 Å². The van der Waals surface area contributed by atoms with Crippen LogP contribution in [0, 0.1) is 0 Å². The van der Waals surface area contributed by atoms with Crippen molar-refractivity contribution >= 4 is 17.6 Å². The van der Waals surface area contributed by atoms with Gasteiger partial charge in [0.1, 0.15) is 12.4 Å². The molecule has 0 aliphatic rings. The van der Waals surface area contributed by atoms with Gasteiger partial charge < -0.3 is 15.6 Å². The average Bonchev–Trinajstić information content (AvgIpc) is 2.15. The molecule has 82 valence electrons. The lowest BCUT2D eigenvalue weighted by Gasteiger charge is -2.07. The molecular weight excluding hydrogens is 218 g/mol. The van der Waals surface area contributed by atoms with Crippen LogP contribution < -0.4 is 10.5 Å². The van der Waals surface area contributed by atoms with Crippen LogP contribution in [0.1, 0.15) is 5.56 Å². The Labute approximate surface area is 92.6 Å². The van der Waals surface area contributed by atoms with Crippen LogP contribution in [0.25, 0.3) is 0 Å². The number of carboxylic acid groups (broad SMARTS) is 1. The molecule has 0 aliphatic heterocycles. The molecule has 0 saturated carbocycles. The molecule has 0 saturated heterocycles. The number of carbonyl (C=O) groups is 1. The summed E-state index contributed by atoms with van der Waals surface area (Å²) < 4.78 is 5.24. The number of hydrogen-bond donors (Lipinski definition) is 2. The van der Waals surface area contributed by atoms with E-state index >= 15 is 0 Å². The van der Waals surface area contributed by atoms with Crippen molar-refractivity contribution in [3.8, 4) is 5.75 Å². The van der Waals surface area contributed by atoms with Gasteiger partial charge in [-0.2, -0.15) is 0 Å². The first-order chi connectivity index (χ1) is 7.13. The van der Waals surface area contributed by atoms with E-state index in [-0.39, 0.29) is 6.42 Å². The smallest absolute Gasteiger partial charge is 0.307 e. The molecule has 1 aromatic rings. The van der Waals surface area contributed by atoms with Crippen LogP contribution in [0.15, 0.2) is 18.2 Å².